The average Bonchev–Trinajstić information content (AvgIpc) is 3.04. The van der Waals surface area contributed by atoms with E-state index in [0.29, 0.717) is 6.54 Å². The summed E-state index contributed by atoms with van der Waals surface area (Å²) in [4.78, 5) is 9.21. The normalized spacial score (nSPS) is 11.0. The molecule has 5 nitrogen and oxygen atoms in total. The molecule has 0 saturated heterocycles. The Morgan fingerprint density at radius 3 is 2.70 bits per heavy atom. The molecule has 0 amide bonds. The molecule has 1 aromatic carbocycles. The molecule has 0 aliphatic rings. The minimum absolute atomic E-state index is 0. The number of aryl methyl sites for hydroxylation is 2. The molecule has 150 valence electrons. The van der Waals surface area contributed by atoms with Crippen LogP contribution in [0.2, 0.25) is 0 Å². The molecule has 0 saturated carbocycles. The van der Waals surface area contributed by atoms with Gasteiger partial charge in [-0.25, -0.2) is 9.98 Å². The highest BCUT2D eigenvalue weighted by molar-refractivity contribution is 14.0. The largest absolute Gasteiger partial charge is 0.493 e. The highest BCUT2D eigenvalue weighted by Crippen LogP contribution is 2.21. The van der Waals surface area contributed by atoms with Crippen molar-refractivity contribution < 1.29 is 4.74 Å². The van der Waals surface area contributed by atoms with E-state index in [1.807, 2.05) is 6.92 Å². The van der Waals surface area contributed by atoms with Gasteiger partial charge < -0.3 is 15.4 Å². The lowest BCUT2D eigenvalue weighted by molar-refractivity contribution is 0.314. The Bertz CT molecular complexity index is 718. The fraction of sp³-hybridized carbons (Fsp3) is 0.500. The van der Waals surface area contributed by atoms with Gasteiger partial charge in [0.15, 0.2) is 5.96 Å². The SMILES string of the molecule is CCCOc1cc(C)ccc1CN=C(NCC)NCCc1csc(C)n1.I. The second kappa shape index (κ2) is 12.9. The summed E-state index contributed by atoms with van der Waals surface area (Å²) in [6.45, 7) is 11.3. The maximum atomic E-state index is 5.88. The molecule has 1 aromatic heterocycles. The molecule has 0 aliphatic heterocycles. The Kier molecular flexibility index (Phi) is 11.3. The van der Waals surface area contributed by atoms with Crippen LogP contribution in [0.15, 0.2) is 28.6 Å². The monoisotopic (exact) mass is 502 g/mol. The van der Waals surface area contributed by atoms with Crippen LogP contribution in [-0.4, -0.2) is 30.6 Å². The van der Waals surface area contributed by atoms with E-state index >= 15 is 0 Å². The molecule has 2 aromatic rings. The highest BCUT2D eigenvalue weighted by Gasteiger charge is 2.05. The van der Waals surface area contributed by atoms with Crippen molar-refractivity contribution in [3.8, 4) is 5.75 Å². The Labute approximate surface area is 184 Å². The van der Waals surface area contributed by atoms with Crippen LogP contribution in [0.25, 0.3) is 0 Å². The Balaban J connectivity index is 0.00000364. The number of hydrogen-bond donors (Lipinski definition) is 2. The number of aromatic nitrogens is 1. The third-order valence-corrected chi connectivity index (χ3v) is 4.60. The van der Waals surface area contributed by atoms with Crippen LogP contribution in [0, 0.1) is 13.8 Å². The third kappa shape index (κ3) is 8.47. The van der Waals surface area contributed by atoms with E-state index in [-0.39, 0.29) is 24.0 Å². The maximum absolute atomic E-state index is 5.88. The molecule has 0 bridgehead atoms. The smallest absolute Gasteiger partial charge is 0.191 e. The lowest BCUT2D eigenvalue weighted by Gasteiger charge is -2.13. The molecule has 0 unspecified atom stereocenters. The number of aliphatic imine (C=N–C) groups is 1. The molecule has 0 aliphatic carbocycles. The lowest BCUT2D eigenvalue weighted by atomic mass is 10.1. The van der Waals surface area contributed by atoms with Crippen LogP contribution in [0.4, 0.5) is 0 Å². The van der Waals surface area contributed by atoms with Gasteiger partial charge >= 0.3 is 0 Å². The minimum Gasteiger partial charge on any atom is -0.493 e. The van der Waals surface area contributed by atoms with Gasteiger partial charge in [0.1, 0.15) is 5.75 Å². The van der Waals surface area contributed by atoms with Gasteiger partial charge in [-0.05, 0) is 38.8 Å². The summed E-state index contributed by atoms with van der Waals surface area (Å²) < 4.78 is 5.88. The lowest BCUT2D eigenvalue weighted by Crippen LogP contribution is -2.38. The molecule has 0 atom stereocenters. The molecule has 0 fully saturated rings. The fourth-order valence-electron chi connectivity index (χ4n) is 2.48. The van der Waals surface area contributed by atoms with E-state index in [2.05, 4.69) is 60.0 Å². The molecular weight excluding hydrogens is 471 g/mol. The van der Waals surface area contributed by atoms with Crippen molar-refractivity contribution in [2.24, 2.45) is 4.99 Å². The van der Waals surface area contributed by atoms with E-state index in [9.17, 15) is 0 Å². The zero-order valence-corrected chi connectivity index (χ0v) is 19.8. The molecule has 2 rings (SSSR count). The van der Waals surface area contributed by atoms with Gasteiger partial charge in [-0.3, -0.25) is 0 Å². The second-order valence-corrected chi connectivity index (χ2v) is 7.25. The average molecular weight is 502 g/mol. The predicted octanol–water partition coefficient (Wildman–Crippen LogP) is 4.46. The first kappa shape index (κ1) is 23.7. The van der Waals surface area contributed by atoms with Gasteiger partial charge in [-0.1, -0.05) is 19.1 Å². The molecule has 0 radical (unpaired) electrons. The molecular formula is C20H31IN4OS. The van der Waals surface area contributed by atoms with Crippen molar-refractivity contribution in [2.45, 2.75) is 47.1 Å². The predicted molar refractivity (Wildman–Crippen MR) is 126 cm³/mol. The van der Waals surface area contributed by atoms with E-state index < -0.39 is 0 Å². The zero-order chi connectivity index (χ0) is 18.8. The fourth-order valence-corrected chi connectivity index (χ4v) is 3.12. The van der Waals surface area contributed by atoms with Gasteiger partial charge in [0.2, 0.25) is 0 Å². The number of halogens is 1. The van der Waals surface area contributed by atoms with Crippen LogP contribution in [-0.2, 0) is 13.0 Å². The van der Waals surface area contributed by atoms with Gasteiger partial charge in [-0.15, -0.1) is 35.3 Å². The summed E-state index contributed by atoms with van der Waals surface area (Å²) in [6.07, 6.45) is 1.89. The first-order valence-electron chi connectivity index (χ1n) is 9.27. The van der Waals surface area contributed by atoms with Crippen molar-refractivity contribution in [1.29, 1.82) is 0 Å². The van der Waals surface area contributed by atoms with Crippen molar-refractivity contribution in [1.82, 2.24) is 15.6 Å². The Morgan fingerprint density at radius 1 is 1.22 bits per heavy atom. The molecule has 7 heteroatoms. The van der Waals surface area contributed by atoms with Crippen LogP contribution in [0.1, 0.15) is 42.1 Å². The van der Waals surface area contributed by atoms with E-state index in [1.165, 1.54) is 5.56 Å². The number of benzene rings is 1. The Hall–Kier alpha value is -1.35. The summed E-state index contributed by atoms with van der Waals surface area (Å²) in [5.74, 6) is 1.76. The molecule has 0 spiro atoms. The second-order valence-electron chi connectivity index (χ2n) is 6.19. The summed E-state index contributed by atoms with van der Waals surface area (Å²) in [6, 6.07) is 6.30. The summed E-state index contributed by atoms with van der Waals surface area (Å²) >= 11 is 1.69. The summed E-state index contributed by atoms with van der Waals surface area (Å²) in [5.41, 5.74) is 3.44. The number of thiazole rings is 1. The van der Waals surface area contributed by atoms with Gasteiger partial charge in [0, 0.05) is 30.5 Å². The molecule has 27 heavy (non-hydrogen) atoms. The minimum atomic E-state index is 0. The third-order valence-electron chi connectivity index (χ3n) is 3.78. The van der Waals surface area contributed by atoms with Crippen molar-refractivity contribution in [2.75, 3.05) is 19.7 Å². The topological polar surface area (TPSA) is 58.5 Å². The summed E-state index contributed by atoms with van der Waals surface area (Å²) in [7, 11) is 0. The number of ether oxygens (including phenoxy) is 1. The van der Waals surface area contributed by atoms with Gasteiger partial charge in [0.25, 0.3) is 0 Å². The van der Waals surface area contributed by atoms with E-state index in [0.717, 1.165) is 60.5 Å². The van der Waals surface area contributed by atoms with Crippen LogP contribution in [0.3, 0.4) is 0 Å². The maximum Gasteiger partial charge on any atom is 0.191 e. The van der Waals surface area contributed by atoms with Crippen LogP contribution in [0.5, 0.6) is 5.75 Å². The summed E-state index contributed by atoms with van der Waals surface area (Å²) in [5, 5.41) is 9.91. The van der Waals surface area contributed by atoms with Crippen LogP contribution < -0.4 is 15.4 Å². The van der Waals surface area contributed by atoms with Crippen molar-refractivity contribution in [3.05, 3.63) is 45.4 Å². The van der Waals surface area contributed by atoms with Crippen molar-refractivity contribution >= 4 is 41.3 Å². The number of hydrogen-bond acceptors (Lipinski definition) is 4. The van der Waals surface area contributed by atoms with Crippen LogP contribution >= 0.6 is 35.3 Å². The standard InChI is InChI=1S/C20H30N4OS.HI/c1-5-11-25-19-12-15(3)7-8-17(19)13-23-20(21-6-2)22-10-9-18-14-26-16(4)24-18;/h7-8,12,14H,5-6,9-11,13H2,1-4H3,(H2,21,22,23);1H. The van der Waals surface area contributed by atoms with Crippen molar-refractivity contribution in [3.63, 3.8) is 0 Å². The van der Waals surface area contributed by atoms with Gasteiger partial charge in [0.05, 0.1) is 23.9 Å². The number of guanidine groups is 1. The first-order valence-corrected chi connectivity index (χ1v) is 10.2. The molecule has 1 heterocycles. The van der Waals surface area contributed by atoms with E-state index in [4.69, 9.17) is 9.73 Å². The molecule has 2 N–H and O–H groups in total. The number of nitrogens with one attached hydrogen (secondary N) is 2. The Morgan fingerprint density at radius 2 is 2.04 bits per heavy atom. The zero-order valence-electron chi connectivity index (χ0n) is 16.7. The quantitative estimate of drug-likeness (QED) is 0.302. The first-order chi connectivity index (χ1) is 12.6. The number of rotatable bonds is 9. The highest BCUT2D eigenvalue weighted by atomic mass is 127. The van der Waals surface area contributed by atoms with Gasteiger partial charge in [-0.2, -0.15) is 0 Å². The van der Waals surface area contributed by atoms with E-state index in [1.54, 1.807) is 11.3 Å². The number of nitrogens with zero attached hydrogens (tertiary/aromatic N) is 2.